The molecule has 1 amide bonds. The number of hydrogen-bond donors (Lipinski definition) is 3. The monoisotopic (exact) mass is 266 g/mol. The molecule has 1 aliphatic carbocycles. The van der Waals surface area contributed by atoms with Crippen LogP contribution in [-0.2, 0) is 0 Å². The summed E-state index contributed by atoms with van der Waals surface area (Å²) in [6.45, 7) is 4.50. The van der Waals surface area contributed by atoms with Gasteiger partial charge in [0, 0.05) is 12.6 Å². The number of amides is 1. The summed E-state index contributed by atoms with van der Waals surface area (Å²) in [6, 6.07) is 0.511. The van der Waals surface area contributed by atoms with Gasteiger partial charge in [0.1, 0.15) is 10.7 Å². The number of anilines is 2. The van der Waals surface area contributed by atoms with E-state index >= 15 is 0 Å². The molecule has 1 aliphatic rings. The summed E-state index contributed by atoms with van der Waals surface area (Å²) >= 11 is 1.31. The van der Waals surface area contributed by atoms with Gasteiger partial charge in [-0.2, -0.15) is 0 Å². The molecule has 0 atom stereocenters. The van der Waals surface area contributed by atoms with Crippen molar-refractivity contribution in [2.45, 2.75) is 32.7 Å². The van der Waals surface area contributed by atoms with Crippen molar-refractivity contribution in [1.82, 2.24) is 10.3 Å². The molecular formula is C12H18N4OS. The van der Waals surface area contributed by atoms with Crippen LogP contribution in [-0.4, -0.2) is 23.5 Å². The van der Waals surface area contributed by atoms with Gasteiger partial charge in [-0.1, -0.05) is 23.0 Å². The minimum absolute atomic E-state index is 0.161. The van der Waals surface area contributed by atoms with Gasteiger partial charge in [0.15, 0.2) is 5.13 Å². The Morgan fingerprint density at radius 1 is 1.56 bits per heavy atom. The van der Waals surface area contributed by atoms with Crippen molar-refractivity contribution in [1.29, 1.82) is 0 Å². The zero-order chi connectivity index (χ0) is 13.1. The molecule has 1 heterocycles. The fraction of sp³-hybridized carbons (Fsp3) is 0.500. The van der Waals surface area contributed by atoms with E-state index in [-0.39, 0.29) is 5.91 Å². The summed E-state index contributed by atoms with van der Waals surface area (Å²) < 4.78 is 0. The van der Waals surface area contributed by atoms with Crippen molar-refractivity contribution in [2.24, 2.45) is 0 Å². The van der Waals surface area contributed by atoms with E-state index in [9.17, 15) is 4.79 Å². The Balaban J connectivity index is 1.96. The molecule has 4 N–H and O–H groups in total. The number of nitrogens with zero attached hydrogens (tertiary/aromatic N) is 1. The van der Waals surface area contributed by atoms with Crippen molar-refractivity contribution < 1.29 is 4.79 Å². The summed E-state index contributed by atoms with van der Waals surface area (Å²) in [5.41, 5.74) is 6.92. The highest BCUT2D eigenvalue weighted by molar-refractivity contribution is 7.18. The van der Waals surface area contributed by atoms with Crippen LogP contribution in [0.15, 0.2) is 11.6 Å². The summed E-state index contributed by atoms with van der Waals surface area (Å²) in [4.78, 5) is 16.5. The van der Waals surface area contributed by atoms with Crippen molar-refractivity contribution in [3.05, 3.63) is 16.5 Å². The summed E-state index contributed by atoms with van der Waals surface area (Å²) in [6.07, 6.45) is 4.29. The molecule has 1 aromatic heterocycles. The van der Waals surface area contributed by atoms with Crippen LogP contribution in [0.4, 0.5) is 10.9 Å². The van der Waals surface area contributed by atoms with Gasteiger partial charge in [-0.15, -0.1) is 0 Å². The van der Waals surface area contributed by atoms with Gasteiger partial charge >= 0.3 is 0 Å². The first-order valence-corrected chi connectivity index (χ1v) is 6.82. The van der Waals surface area contributed by atoms with E-state index in [0.717, 1.165) is 5.13 Å². The molecule has 0 aliphatic heterocycles. The highest BCUT2D eigenvalue weighted by Crippen LogP contribution is 2.30. The maximum absolute atomic E-state index is 11.9. The lowest BCUT2D eigenvalue weighted by atomic mass is 10.3. The average Bonchev–Trinajstić information content (AvgIpc) is 3.01. The van der Waals surface area contributed by atoms with Crippen molar-refractivity contribution >= 4 is 28.2 Å². The van der Waals surface area contributed by atoms with E-state index in [1.165, 1.54) is 29.8 Å². The molecule has 1 aromatic rings. The SMILES string of the molecule is CC(C)=CCNC(=O)c1sc(NC2CC2)nc1N. The molecule has 5 nitrogen and oxygen atoms in total. The molecule has 0 spiro atoms. The Labute approximate surface area is 110 Å². The van der Waals surface area contributed by atoms with Gasteiger partial charge in [-0.05, 0) is 26.7 Å². The minimum Gasteiger partial charge on any atom is -0.382 e. The molecule has 6 heteroatoms. The molecule has 98 valence electrons. The van der Waals surface area contributed by atoms with E-state index in [0.29, 0.717) is 23.3 Å². The fourth-order valence-corrected chi connectivity index (χ4v) is 2.26. The molecule has 0 unspecified atom stereocenters. The molecule has 0 aromatic carbocycles. The maximum Gasteiger partial charge on any atom is 0.265 e. The predicted molar refractivity (Wildman–Crippen MR) is 74.9 cm³/mol. The van der Waals surface area contributed by atoms with Crippen molar-refractivity contribution in [3.63, 3.8) is 0 Å². The number of carbonyl (C=O) groups excluding carboxylic acids is 1. The first-order valence-electron chi connectivity index (χ1n) is 6.00. The van der Waals surface area contributed by atoms with Crippen LogP contribution in [0, 0.1) is 0 Å². The van der Waals surface area contributed by atoms with E-state index in [4.69, 9.17) is 5.73 Å². The minimum atomic E-state index is -0.161. The third-order valence-corrected chi connectivity index (χ3v) is 3.54. The van der Waals surface area contributed by atoms with Crippen LogP contribution in [0.2, 0.25) is 0 Å². The fourth-order valence-electron chi connectivity index (χ4n) is 1.39. The van der Waals surface area contributed by atoms with Gasteiger partial charge in [-0.25, -0.2) is 4.98 Å². The Morgan fingerprint density at radius 2 is 2.28 bits per heavy atom. The molecular weight excluding hydrogens is 248 g/mol. The normalized spacial score (nSPS) is 14.1. The van der Waals surface area contributed by atoms with Crippen LogP contribution >= 0.6 is 11.3 Å². The number of rotatable bonds is 5. The topological polar surface area (TPSA) is 80.0 Å². The molecule has 0 saturated heterocycles. The number of nitrogens with one attached hydrogen (secondary N) is 2. The van der Waals surface area contributed by atoms with Crippen molar-refractivity contribution in [2.75, 3.05) is 17.6 Å². The average molecular weight is 266 g/mol. The van der Waals surface area contributed by atoms with E-state index in [1.807, 2.05) is 19.9 Å². The number of hydrogen-bond acceptors (Lipinski definition) is 5. The van der Waals surface area contributed by atoms with E-state index in [1.54, 1.807) is 0 Å². The molecule has 18 heavy (non-hydrogen) atoms. The number of nitrogen functional groups attached to an aromatic ring is 1. The first kappa shape index (κ1) is 12.9. The number of nitrogens with two attached hydrogens (primary N) is 1. The first-order chi connectivity index (χ1) is 8.56. The highest BCUT2D eigenvalue weighted by atomic mass is 32.1. The highest BCUT2D eigenvalue weighted by Gasteiger charge is 2.24. The zero-order valence-electron chi connectivity index (χ0n) is 10.6. The van der Waals surface area contributed by atoms with Gasteiger partial charge < -0.3 is 16.4 Å². The van der Waals surface area contributed by atoms with Crippen LogP contribution in [0.1, 0.15) is 36.4 Å². The maximum atomic E-state index is 11.9. The summed E-state index contributed by atoms with van der Waals surface area (Å²) in [5.74, 6) is 0.143. The Kier molecular flexibility index (Phi) is 3.86. The van der Waals surface area contributed by atoms with Gasteiger partial charge in [0.05, 0.1) is 0 Å². The van der Waals surface area contributed by atoms with Gasteiger partial charge in [-0.3, -0.25) is 4.79 Å². The van der Waals surface area contributed by atoms with Crippen molar-refractivity contribution in [3.8, 4) is 0 Å². The van der Waals surface area contributed by atoms with Gasteiger partial charge in [0.2, 0.25) is 0 Å². The molecule has 0 radical (unpaired) electrons. The Morgan fingerprint density at radius 3 is 2.89 bits per heavy atom. The molecule has 2 rings (SSSR count). The number of thiazole rings is 1. The lowest BCUT2D eigenvalue weighted by Crippen LogP contribution is -2.23. The predicted octanol–water partition coefficient (Wildman–Crippen LogP) is 2.00. The molecule has 1 fully saturated rings. The standard InChI is InChI=1S/C12H18N4OS/c1-7(2)5-6-14-11(17)9-10(13)16-12(18-9)15-8-3-4-8/h5,8H,3-4,6,13H2,1-2H3,(H,14,17)(H,15,16). The third kappa shape index (κ3) is 3.46. The second kappa shape index (κ2) is 5.39. The zero-order valence-corrected chi connectivity index (χ0v) is 11.4. The molecule has 0 bridgehead atoms. The van der Waals surface area contributed by atoms with Gasteiger partial charge in [0.25, 0.3) is 5.91 Å². The number of carbonyl (C=O) groups is 1. The quantitative estimate of drug-likeness (QED) is 0.712. The Bertz CT molecular complexity index is 472. The smallest absolute Gasteiger partial charge is 0.265 e. The number of allylic oxidation sites excluding steroid dienone is 1. The summed E-state index contributed by atoms with van der Waals surface area (Å²) in [7, 11) is 0. The number of aromatic nitrogens is 1. The lowest BCUT2D eigenvalue weighted by molar-refractivity contribution is 0.0962. The second-order valence-corrected chi connectivity index (χ2v) is 5.64. The third-order valence-electron chi connectivity index (χ3n) is 2.54. The second-order valence-electron chi connectivity index (χ2n) is 4.64. The largest absolute Gasteiger partial charge is 0.382 e. The lowest BCUT2D eigenvalue weighted by Gasteiger charge is -2.00. The van der Waals surface area contributed by atoms with Crippen LogP contribution in [0.3, 0.4) is 0 Å². The Hall–Kier alpha value is -1.56. The molecule has 1 saturated carbocycles. The van der Waals surface area contributed by atoms with E-state index in [2.05, 4.69) is 15.6 Å². The van der Waals surface area contributed by atoms with Crippen LogP contribution in [0.5, 0.6) is 0 Å². The van der Waals surface area contributed by atoms with Crippen LogP contribution < -0.4 is 16.4 Å². The summed E-state index contributed by atoms with van der Waals surface area (Å²) in [5, 5.41) is 6.78. The van der Waals surface area contributed by atoms with E-state index < -0.39 is 0 Å². The van der Waals surface area contributed by atoms with Crippen LogP contribution in [0.25, 0.3) is 0 Å².